The minimum absolute atomic E-state index is 0.278. The van der Waals surface area contributed by atoms with Gasteiger partial charge in [0.15, 0.2) is 0 Å². The lowest BCUT2D eigenvalue weighted by Crippen LogP contribution is -2.11. The van der Waals surface area contributed by atoms with Gasteiger partial charge in [-0.05, 0) is 6.07 Å². The third-order valence-electron chi connectivity index (χ3n) is 2.92. The molecule has 2 rings (SSSR count). The second kappa shape index (κ2) is 5.99. The third-order valence-corrected chi connectivity index (χ3v) is 2.92. The maximum absolute atomic E-state index is 11.0. The Morgan fingerprint density at radius 2 is 2.33 bits per heavy atom. The van der Waals surface area contributed by atoms with Crippen LogP contribution in [0.1, 0.15) is 16.1 Å². The van der Waals surface area contributed by atoms with Crippen LogP contribution in [0.2, 0.25) is 0 Å². The Hall–Kier alpha value is -2.97. The number of rotatable bonds is 6. The van der Waals surface area contributed by atoms with E-state index in [4.69, 9.17) is 5.11 Å². The molecule has 0 bridgehead atoms. The van der Waals surface area contributed by atoms with Crippen molar-refractivity contribution in [2.75, 3.05) is 11.9 Å². The predicted molar refractivity (Wildman–Crippen MR) is 73.3 cm³/mol. The van der Waals surface area contributed by atoms with Gasteiger partial charge >= 0.3 is 11.7 Å². The Labute approximate surface area is 119 Å². The van der Waals surface area contributed by atoms with Gasteiger partial charge in [-0.15, -0.1) is 0 Å². The van der Waals surface area contributed by atoms with Gasteiger partial charge in [-0.2, -0.15) is 5.10 Å². The Morgan fingerprint density at radius 3 is 2.90 bits per heavy atom. The highest BCUT2D eigenvalue weighted by molar-refractivity contribution is 5.93. The van der Waals surface area contributed by atoms with Gasteiger partial charge in [0.25, 0.3) is 0 Å². The maximum atomic E-state index is 11.0. The van der Waals surface area contributed by atoms with E-state index in [9.17, 15) is 14.9 Å². The zero-order valence-corrected chi connectivity index (χ0v) is 11.2. The minimum atomic E-state index is -1.36. The topological polar surface area (TPSA) is 123 Å². The second-order valence-corrected chi connectivity index (χ2v) is 4.27. The Morgan fingerprint density at radius 1 is 1.57 bits per heavy atom. The van der Waals surface area contributed by atoms with Gasteiger partial charge < -0.3 is 10.4 Å². The van der Waals surface area contributed by atoms with Gasteiger partial charge in [-0.25, -0.2) is 9.78 Å². The van der Waals surface area contributed by atoms with Crippen LogP contribution in [-0.2, 0) is 13.5 Å². The molecule has 0 fully saturated rings. The molecule has 2 N–H and O–H groups in total. The summed E-state index contributed by atoms with van der Waals surface area (Å²) in [5.41, 5.74) is 0.0839. The van der Waals surface area contributed by atoms with Crippen LogP contribution in [-0.4, -0.2) is 37.3 Å². The Kier molecular flexibility index (Phi) is 4.12. The molecule has 0 atom stereocenters. The number of pyridine rings is 1. The lowest BCUT2D eigenvalue weighted by Gasteiger charge is -2.07. The largest absolute Gasteiger partial charge is 0.477 e. The van der Waals surface area contributed by atoms with Crippen LogP contribution < -0.4 is 5.32 Å². The molecule has 0 saturated heterocycles. The molecule has 0 aliphatic rings. The van der Waals surface area contributed by atoms with Crippen LogP contribution in [0.15, 0.2) is 24.5 Å². The summed E-state index contributed by atoms with van der Waals surface area (Å²) in [6.45, 7) is 0.503. The number of hydrogen-bond acceptors (Lipinski definition) is 6. The normalized spacial score (nSPS) is 10.3. The van der Waals surface area contributed by atoms with Crippen molar-refractivity contribution in [3.63, 3.8) is 0 Å². The molecule has 0 aliphatic heterocycles. The van der Waals surface area contributed by atoms with E-state index in [1.807, 2.05) is 13.1 Å². The molecule has 0 aromatic carbocycles. The molecule has 0 amide bonds. The first-order chi connectivity index (χ1) is 9.99. The van der Waals surface area contributed by atoms with Crippen LogP contribution >= 0.6 is 0 Å². The number of aryl methyl sites for hydroxylation is 1. The minimum Gasteiger partial charge on any atom is -0.477 e. The highest BCUT2D eigenvalue weighted by atomic mass is 16.6. The van der Waals surface area contributed by atoms with E-state index in [2.05, 4.69) is 15.4 Å². The number of nitro groups is 1. The average molecular weight is 291 g/mol. The highest BCUT2D eigenvalue weighted by Crippen LogP contribution is 2.20. The first-order valence-electron chi connectivity index (χ1n) is 6.07. The zero-order valence-electron chi connectivity index (χ0n) is 11.2. The molecule has 2 aromatic heterocycles. The van der Waals surface area contributed by atoms with Gasteiger partial charge in [-0.1, -0.05) is 0 Å². The van der Waals surface area contributed by atoms with Crippen molar-refractivity contribution in [2.24, 2.45) is 7.05 Å². The number of hydrogen-bond donors (Lipinski definition) is 2. The molecule has 0 spiro atoms. The van der Waals surface area contributed by atoms with Crippen molar-refractivity contribution in [1.29, 1.82) is 0 Å². The van der Waals surface area contributed by atoms with Gasteiger partial charge in [0.1, 0.15) is 17.6 Å². The predicted octanol–water partition coefficient (Wildman–Crippen LogP) is 1.08. The molecule has 9 heteroatoms. The van der Waals surface area contributed by atoms with E-state index in [0.717, 1.165) is 18.0 Å². The van der Waals surface area contributed by atoms with Crippen LogP contribution in [0.25, 0.3) is 0 Å². The van der Waals surface area contributed by atoms with E-state index in [1.165, 1.54) is 0 Å². The van der Waals surface area contributed by atoms with Gasteiger partial charge in [0, 0.05) is 38.0 Å². The smallest absolute Gasteiger partial charge is 0.342 e. The van der Waals surface area contributed by atoms with Crippen LogP contribution in [0.3, 0.4) is 0 Å². The first kappa shape index (κ1) is 14.4. The van der Waals surface area contributed by atoms with Crippen molar-refractivity contribution in [1.82, 2.24) is 14.8 Å². The quantitative estimate of drug-likeness (QED) is 0.602. The van der Waals surface area contributed by atoms with E-state index in [-0.39, 0.29) is 5.82 Å². The summed E-state index contributed by atoms with van der Waals surface area (Å²) in [7, 11) is 1.82. The average Bonchev–Trinajstić information content (AvgIpc) is 2.84. The van der Waals surface area contributed by atoms with Crippen molar-refractivity contribution >= 4 is 17.5 Å². The molecular weight excluding hydrogens is 278 g/mol. The monoisotopic (exact) mass is 291 g/mol. The molecule has 0 unspecified atom stereocenters. The summed E-state index contributed by atoms with van der Waals surface area (Å²) < 4.78 is 1.73. The van der Waals surface area contributed by atoms with Crippen molar-refractivity contribution in [2.45, 2.75) is 6.42 Å². The lowest BCUT2D eigenvalue weighted by molar-refractivity contribution is -0.385. The Bertz CT molecular complexity index is 682. The fraction of sp³-hybridized carbons (Fsp3) is 0.250. The van der Waals surface area contributed by atoms with Crippen LogP contribution in [0.4, 0.5) is 11.5 Å². The number of carbonyl (C=O) groups is 1. The number of nitrogens with one attached hydrogen (secondary N) is 1. The van der Waals surface area contributed by atoms with Crippen molar-refractivity contribution < 1.29 is 14.8 Å². The lowest BCUT2D eigenvalue weighted by atomic mass is 10.2. The van der Waals surface area contributed by atoms with Crippen LogP contribution in [0.5, 0.6) is 0 Å². The molecule has 0 radical (unpaired) electrons. The number of nitrogens with zero attached hydrogens (tertiary/aromatic N) is 4. The fourth-order valence-corrected chi connectivity index (χ4v) is 1.83. The molecule has 2 heterocycles. The molecule has 2 aromatic rings. The summed E-state index contributed by atoms with van der Waals surface area (Å²) in [4.78, 5) is 24.8. The van der Waals surface area contributed by atoms with Crippen molar-refractivity contribution in [3.8, 4) is 0 Å². The Balaban J connectivity index is 2.07. The molecule has 0 aliphatic carbocycles. The second-order valence-electron chi connectivity index (χ2n) is 4.27. The number of aromatic carboxylic acids is 1. The van der Waals surface area contributed by atoms with Crippen LogP contribution in [0, 0.1) is 10.1 Å². The molecule has 9 nitrogen and oxygen atoms in total. The fourth-order valence-electron chi connectivity index (χ4n) is 1.83. The first-order valence-corrected chi connectivity index (χ1v) is 6.07. The molecule has 110 valence electrons. The standard InChI is InChI=1S/C12H13N5O4/c1-16-8(3-5-15-16)2-4-13-11-6-9(12(18)19)10(7-14-11)17(20)21/h3,5-7H,2,4H2,1H3,(H,13,14)(H,18,19). The number of anilines is 1. The zero-order chi connectivity index (χ0) is 15.4. The molecular formula is C12H13N5O4. The SMILES string of the molecule is Cn1nccc1CCNc1cc(C(=O)O)c([N+](=O)[O-])cn1. The van der Waals surface area contributed by atoms with Crippen molar-refractivity contribution in [3.05, 3.63) is 45.9 Å². The molecule has 21 heavy (non-hydrogen) atoms. The van der Waals surface area contributed by atoms with Gasteiger partial charge in [0.2, 0.25) is 0 Å². The summed E-state index contributed by atoms with van der Waals surface area (Å²) in [6.07, 6.45) is 3.29. The summed E-state index contributed by atoms with van der Waals surface area (Å²) in [5, 5.41) is 26.7. The summed E-state index contributed by atoms with van der Waals surface area (Å²) >= 11 is 0. The number of carboxylic acid groups (broad SMARTS) is 1. The van der Waals surface area contributed by atoms with E-state index in [1.54, 1.807) is 10.9 Å². The van der Waals surface area contributed by atoms with E-state index in [0.29, 0.717) is 13.0 Å². The highest BCUT2D eigenvalue weighted by Gasteiger charge is 2.20. The third kappa shape index (κ3) is 3.32. The maximum Gasteiger partial charge on any atom is 0.342 e. The van der Waals surface area contributed by atoms with E-state index < -0.39 is 22.1 Å². The van der Waals surface area contributed by atoms with Gasteiger partial charge in [-0.3, -0.25) is 14.8 Å². The molecule has 0 saturated carbocycles. The van der Waals surface area contributed by atoms with E-state index >= 15 is 0 Å². The number of aromatic nitrogens is 3. The number of carboxylic acids is 1. The summed E-state index contributed by atoms with van der Waals surface area (Å²) in [6, 6.07) is 3.03. The summed E-state index contributed by atoms with van der Waals surface area (Å²) in [5.74, 6) is -1.08. The van der Waals surface area contributed by atoms with Gasteiger partial charge in [0.05, 0.1) is 4.92 Å².